The highest BCUT2D eigenvalue weighted by Gasteiger charge is 2.09. The SMILES string of the molecule is CCCNCc1cc(-c2cn(CC)nc2C)ccc1Cl. The molecule has 0 atom stereocenters. The molecule has 0 saturated heterocycles. The van der Waals surface area contributed by atoms with E-state index in [1.165, 1.54) is 11.1 Å². The fourth-order valence-corrected chi connectivity index (χ4v) is 2.43. The molecule has 0 saturated carbocycles. The molecular weight excluding hydrogens is 270 g/mol. The Kier molecular flexibility index (Phi) is 5.21. The summed E-state index contributed by atoms with van der Waals surface area (Å²) in [7, 11) is 0. The Morgan fingerprint density at radius 1 is 1.30 bits per heavy atom. The summed E-state index contributed by atoms with van der Waals surface area (Å²) in [5, 5.41) is 8.72. The van der Waals surface area contributed by atoms with E-state index < -0.39 is 0 Å². The van der Waals surface area contributed by atoms with Crippen molar-refractivity contribution < 1.29 is 0 Å². The Labute approximate surface area is 126 Å². The van der Waals surface area contributed by atoms with Crippen LogP contribution in [0, 0.1) is 6.92 Å². The van der Waals surface area contributed by atoms with Crippen LogP contribution >= 0.6 is 11.6 Å². The molecule has 1 heterocycles. The Bertz CT molecular complexity index is 575. The quantitative estimate of drug-likeness (QED) is 0.814. The van der Waals surface area contributed by atoms with Crippen molar-refractivity contribution in [3.05, 3.63) is 40.7 Å². The third-order valence-electron chi connectivity index (χ3n) is 3.37. The zero-order valence-electron chi connectivity index (χ0n) is 12.4. The lowest BCUT2D eigenvalue weighted by Crippen LogP contribution is -2.14. The highest BCUT2D eigenvalue weighted by Crippen LogP contribution is 2.27. The highest BCUT2D eigenvalue weighted by molar-refractivity contribution is 6.31. The van der Waals surface area contributed by atoms with Gasteiger partial charge in [-0.1, -0.05) is 24.6 Å². The first-order valence-electron chi connectivity index (χ1n) is 7.19. The lowest BCUT2D eigenvalue weighted by molar-refractivity contribution is 0.653. The van der Waals surface area contributed by atoms with E-state index in [1.54, 1.807) is 0 Å². The normalized spacial score (nSPS) is 11.0. The van der Waals surface area contributed by atoms with E-state index in [1.807, 2.05) is 17.7 Å². The molecule has 0 fully saturated rings. The van der Waals surface area contributed by atoms with Crippen LogP contribution in [0.5, 0.6) is 0 Å². The summed E-state index contributed by atoms with van der Waals surface area (Å²) in [6.07, 6.45) is 3.22. The van der Waals surface area contributed by atoms with Gasteiger partial charge < -0.3 is 5.32 Å². The summed E-state index contributed by atoms with van der Waals surface area (Å²) in [5.41, 5.74) is 4.56. The molecule has 1 N–H and O–H groups in total. The molecule has 1 aromatic heterocycles. The van der Waals surface area contributed by atoms with Gasteiger partial charge in [-0.15, -0.1) is 0 Å². The average molecular weight is 292 g/mol. The molecule has 2 rings (SSSR count). The van der Waals surface area contributed by atoms with E-state index in [0.29, 0.717) is 0 Å². The van der Waals surface area contributed by atoms with Crippen molar-refractivity contribution in [1.82, 2.24) is 15.1 Å². The van der Waals surface area contributed by atoms with Gasteiger partial charge in [0.2, 0.25) is 0 Å². The molecule has 108 valence electrons. The Hall–Kier alpha value is -1.32. The number of halogens is 1. The van der Waals surface area contributed by atoms with Gasteiger partial charge in [-0.2, -0.15) is 5.10 Å². The average Bonchev–Trinajstić information content (AvgIpc) is 2.82. The fraction of sp³-hybridized carbons (Fsp3) is 0.438. The molecule has 0 aliphatic carbocycles. The van der Waals surface area contributed by atoms with Gasteiger partial charge >= 0.3 is 0 Å². The second-order valence-corrected chi connectivity index (χ2v) is 5.37. The molecule has 4 heteroatoms. The lowest BCUT2D eigenvalue weighted by atomic mass is 10.0. The maximum Gasteiger partial charge on any atom is 0.0672 e. The Balaban J connectivity index is 2.27. The highest BCUT2D eigenvalue weighted by atomic mass is 35.5. The van der Waals surface area contributed by atoms with Gasteiger partial charge in [0.15, 0.2) is 0 Å². The van der Waals surface area contributed by atoms with Crippen LogP contribution in [0.2, 0.25) is 5.02 Å². The second kappa shape index (κ2) is 6.91. The lowest BCUT2D eigenvalue weighted by Gasteiger charge is -2.08. The van der Waals surface area contributed by atoms with Crippen LogP contribution in [-0.2, 0) is 13.1 Å². The van der Waals surface area contributed by atoms with E-state index in [9.17, 15) is 0 Å². The van der Waals surface area contributed by atoms with E-state index in [4.69, 9.17) is 11.6 Å². The Morgan fingerprint density at radius 2 is 2.10 bits per heavy atom. The van der Waals surface area contributed by atoms with Crippen molar-refractivity contribution in [2.75, 3.05) is 6.54 Å². The van der Waals surface area contributed by atoms with Crippen molar-refractivity contribution in [2.24, 2.45) is 0 Å². The smallest absolute Gasteiger partial charge is 0.0672 e. The van der Waals surface area contributed by atoms with Gasteiger partial charge in [0.1, 0.15) is 0 Å². The summed E-state index contributed by atoms with van der Waals surface area (Å²) >= 11 is 6.27. The minimum atomic E-state index is 0.807. The van der Waals surface area contributed by atoms with Crippen LogP contribution in [0.15, 0.2) is 24.4 Å². The molecule has 0 aliphatic heterocycles. The van der Waals surface area contributed by atoms with Crippen LogP contribution in [0.25, 0.3) is 11.1 Å². The summed E-state index contributed by atoms with van der Waals surface area (Å²) in [6.45, 7) is 9.00. The van der Waals surface area contributed by atoms with Crippen molar-refractivity contribution in [3.63, 3.8) is 0 Å². The molecule has 0 bridgehead atoms. The minimum absolute atomic E-state index is 0.807. The number of nitrogens with one attached hydrogen (secondary N) is 1. The maximum atomic E-state index is 6.27. The molecule has 3 nitrogen and oxygen atoms in total. The standard InChI is InChI=1S/C16H22ClN3/c1-4-8-18-10-14-9-13(6-7-16(14)17)15-11-20(5-2)19-12(15)3/h6-7,9,11,18H,4-5,8,10H2,1-3H3. The molecule has 0 radical (unpaired) electrons. The predicted molar refractivity (Wildman–Crippen MR) is 85.1 cm³/mol. The fourth-order valence-electron chi connectivity index (χ4n) is 2.24. The van der Waals surface area contributed by atoms with Crippen molar-refractivity contribution in [2.45, 2.75) is 40.3 Å². The largest absolute Gasteiger partial charge is 0.313 e. The van der Waals surface area contributed by atoms with Crippen molar-refractivity contribution in [1.29, 1.82) is 0 Å². The van der Waals surface area contributed by atoms with E-state index in [0.717, 1.165) is 42.3 Å². The number of aromatic nitrogens is 2. The topological polar surface area (TPSA) is 29.9 Å². The first kappa shape index (κ1) is 15.1. The van der Waals surface area contributed by atoms with E-state index in [-0.39, 0.29) is 0 Å². The van der Waals surface area contributed by atoms with Gasteiger partial charge in [0.25, 0.3) is 0 Å². The number of benzene rings is 1. The van der Waals surface area contributed by atoms with Crippen LogP contribution < -0.4 is 5.32 Å². The third-order valence-corrected chi connectivity index (χ3v) is 3.74. The van der Waals surface area contributed by atoms with Gasteiger partial charge in [-0.3, -0.25) is 4.68 Å². The second-order valence-electron chi connectivity index (χ2n) is 4.97. The van der Waals surface area contributed by atoms with Crippen molar-refractivity contribution in [3.8, 4) is 11.1 Å². The zero-order chi connectivity index (χ0) is 14.5. The molecule has 0 amide bonds. The van der Waals surface area contributed by atoms with Gasteiger partial charge in [0.05, 0.1) is 5.69 Å². The molecule has 0 unspecified atom stereocenters. The summed E-state index contributed by atoms with van der Waals surface area (Å²) in [6, 6.07) is 6.20. The van der Waals surface area contributed by atoms with Crippen LogP contribution in [0.4, 0.5) is 0 Å². The van der Waals surface area contributed by atoms with E-state index >= 15 is 0 Å². The number of nitrogens with zero attached hydrogens (tertiary/aromatic N) is 2. The van der Waals surface area contributed by atoms with Crippen molar-refractivity contribution >= 4 is 11.6 Å². The predicted octanol–water partition coefficient (Wildman–Crippen LogP) is 4.03. The molecule has 0 spiro atoms. The number of hydrogen-bond donors (Lipinski definition) is 1. The molecule has 2 aromatic rings. The molecule has 1 aromatic carbocycles. The number of hydrogen-bond acceptors (Lipinski definition) is 2. The third kappa shape index (κ3) is 3.41. The summed E-state index contributed by atoms with van der Waals surface area (Å²) < 4.78 is 1.97. The van der Waals surface area contributed by atoms with Crippen LogP contribution in [-0.4, -0.2) is 16.3 Å². The maximum absolute atomic E-state index is 6.27. The Morgan fingerprint density at radius 3 is 2.75 bits per heavy atom. The van der Waals surface area contributed by atoms with Crippen LogP contribution in [0.3, 0.4) is 0 Å². The summed E-state index contributed by atoms with van der Waals surface area (Å²) in [5.74, 6) is 0. The summed E-state index contributed by atoms with van der Waals surface area (Å²) in [4.78, 5) is 0. The molecular formula is C16H22ClN3. The van der Waals surface area contributed by atoms with Gasteiger partial charge in [-0.25, -0.2) is 0 Å². The van der Waals surface area contributed by atoms with Gasteiger partial charge in [-0.05, 0) is 50.1 Å². The number of aryl methyl sites for hydroxylation is 2. The van der Waals surface area contributed by atoms with Crippen LogP contribution in [0.1, 0.15) is 31.5 Å². The van der Waals surface area contributed by atoms with E-state index in [2.05, 4.69) is 42.6 Å². The zero-order valence-corrected chi connectivity index (χ0v) is 13.2. The molecule has 0 aliphatic rings. The first-order valence-corrected chi connectivity index (χ1v) is 7.57. The molecule has 20 heavy (non-hydrogen) atoms. The van der Waals surface area contributed by atoms with Gasteiger partial charge in [0, 0.05) is 29.9 Å². The monoisotopic (exact) mass is 291 g/mol. The number of rotatable bonds is 6. The minimum Gasteiger partial charge on any atom is -0.313 e. The first-order chi connectivity index (χ1) is 9.65.